The predicted molar refractivity (Wildman–Crippen MR) is 44.2 cm³/mol. The second-order valence-corrected chi connectivity index (χ2v) is 2.37. The number of hydrogen-bond acceptors (Lipinski definition) is 3. The zero-order valence-corrected chi connectivity index (χ0v) is 6.96. The molecule has 1 unspecified atom stereocenters. The number of hydrogen-bond donors (Lipinski definition) is 4. The summed E-state index contributed by atoms with van der Waals surface area (Å²) in [6.07, 6.45) is 0. The Labute approximate surface area is 70.7 Å². The summed E-state index contributed by atoms with van der Waals surface area (Å²) in [5.41, 5.74) is 10.0. The number of rotatable bonds is 4. The Balaban J connectivity index is 3.32. The van der Waals surface area contributed by atoms with Crippen LogP contribution in [0, 0.1) is 0 Å². The monoisotopic (exact) mass is 174 g/mol. The first kappa shape index (κ1) is 10.7. The molecule has 0 saturated carbocycles. The van der Waals surface area contributed by atoms with Gasteiger partial charge in [0.15, 0.2) is 0 Å². The van der Waals surface area contributed by atoms with Crippen LogP contribution in [-0.2, 0) is 4.79 Å². The van der Waals surface area contributed by atoms with Crippen molar-refractivity contribution in [3.8, 4) is 0 Å². The third-order valence-corrected chi connectivity index (χ3v) is 1.14. The zero-order valence-electron chi connectivity index (χ0n) is 6.96. The molecule has 0 aromatic heterocycles. The number of nitrogens with two attached hydrogens (primary N) is 2. The maximum Gasteiger partial charge on any atom is 0.312 e. The van der Waals surface area contributed by atoms with Crippen LogP contribution in [-0.4, -0.2) is 31.1 Å². The van der Waals surface area contributed by atoms with E-state index in [2.05, 4.69) is 10.6 Å². The first-order valence-corrected chi connectivity index (χ1v) is 3.60. The van der Waals surface area contributed by atoms with E-state index in [0.717, 1.165) is 0 Å². The van der Waals surface area contributed by atoms with Gasteiger partial charge in [0.2, 0.25) is 5.91 Å². The van der Waals surface area contributed by atoms with Crippen LogP contribution in [0.5, 0.6) is 0 Å². The number of amides is 3. The molecule has 0 spiro atoms. The zero-order chi connectivity index (χ0) is 9.56. The lowest BCUT2D eigenvalue weighted by atomic mass is 10.3. The molecule has 0 aromatic rings. The maximum absolute atomic E-state index is 10.8. The van der Waals surface area contributed by atoms with Crippen LogP contribution in [0.25, 0.3) is 0 Å². The van der Waals surface area contributed by atoms with Crippen LogP contribution in [0.1, 0.15) is 6.92 Å². The minimum atomic E-state index is -0.606. The fraction of sp³-hybridized carbons (Fsp3) is 0.667. The quantitative estimate of drug-likeness (QED) is 0.374. The lowest BCUT2D eigenvalue weighted by Crippen LogP contribution is -2.42. The summed E-state index contributed by atoms with van der Waals surface area (Å²) in [5, 5.41) is 4.83. The van der Waals surface area contributed by atoms with Gasteiger partial charge in [-0.25, -0.2) is 4.79 Å². The predicted octanol–water partition coefficient (Wildman–Crippen LogP) is -1.88. The molecule has 0 aliphatic rings. The van der Waals surface area contributed by atoms with E-state index in [1.54, 1.807) is 6.92 Å². The normalized spacial score (nSPS) is 11.8. The molecule has 6 heteroatoms. The summed E-state index contributed by atoms with van der Waals surface area (Å²) in [5.74, 6) is -0.249. The highest BCUT2D eigenvalue weighted by atomic mass is 16.2. The first-order chi connectivity index (χ1) is 5.54. The number of primary amides is 1. The van der Waals surface area contributed by atoms with E-state index in [0.29, 0.717) is 13.1 Å². The van der Waals surface area contributed by atoms with Crippen LogP contribution in [0.2, 0.25) is 0 Å². The Morgan fingerprint density at radius 1 is 1.33 bits per heavy atom. The average molecular weight is 174 g/mol. The van der Waals surface area contributed by atoms with Gasteiger partial charge in [0.1, 0.15) is 0 Å². The molecule has 0 radical (unpaired) electrons. The van der Waals surface area contributed by atoms with Crippen molar-refractivity contribution in [2.45, 2.75) is 13.0 Å². The highest BCUT2D eigenvalue weighted by Crippen LogP contribution is 1.72. The van der Waals surface area contributed by atoms with E-state index < -0.39 is 12.1 Å². The van der Waals surface area contributed by atoms with Gasteiger partial charge >= 0.3 is 6.03 Å². The van der Waals surface area contributed by atoms with Crippen LogP contribution in [0.3, 0.4) is 0 Å². The number of carbonyl (C=O) groups excluding carboxylic acids is 2. The van der Waals surface area contributed by atoms with Gasteiger partial charge in [0.05, 0.1) is 6.04 Å². The largest absolute Gasteiger partial charge is 0.353 e. The molecule has 0 aliphatic carbocycles. The van der Waals surface area contributed by atoms with Gasteiger partial charge in [-0.2, -0.15) is 0 Å². The molecule has 0 saturated heterocycles. The SMILES string of the molecule is CC(N)C(=O)NCCNC(N)=O. The van der Waals surface area contributed by atoms with Crippen LogP contribution >= 0.6 is 0 Å². The van der Waals surface area contributed by atoms with Gasteiger partial charge in [-0.15, -0.1) is 0 Å². The molecule has 3 amide bonds. The van der Waals surface area contributed by atoms with E-state index in [4.69, 9.17) is 11.5 Å². The minimum Gasteiger partial charge on any atom is -0.353 e. The lowest BCUT2D eigenvalue weighted by Gasteiger charge is -2.07. The van der Waals surface area contributed by atoms with Crippen LogP contribution in [0.15, 0.2) is 0 Å². The molecule has 1 atom stereocenters. The van der Waals surface area contributed by atoms with Crippen molar-refractivity contribution >= 4 is 11.9 Å². The minimum absolute atomic E-state index is 0.249. The van der Waals surface area contributed by atoms with Gasteiger partial charge in [-0.05, 0) is 6.92 Å². The Morgan fingerprint density at radius 3 is 2.25 bits per heavy atom. The lowest BCUT2D eigenvalue weighted by molar-refractivity contribution is -0.121. The highest BCUT2D eigenvalue weighted by Gasteiger charge is 2.04. The number of urea groups is 1. The molecule has 12 heavy (non-hydrogen) atoms. The van der Waals surface area contributed by atoms with Crippen molar-refractivity contribution in [2.75, 3.05) is 13.1 Å². The molecule has 0 fully saturated rings. The van der Waals surface area contributed by atoms with Gasteiger partial charge in [0.25, 0.3) is 0 Å². The summed E-state index contributed by atoms with van der Waals surface area (Å²) in [6, 6.07) is -1.14. The van der Waals surface area contributed by atoms with Crippen molar-refractivity contribution in [1.82, 2.24) is 10.6 Å². The van der Waals surface area contributed by atoms with Gasteiger partial charge in [0, 0.05) is 13.1 Å². The maximum atomic E-state index is 10.8. The van der Waals surface area contributed by atoms with Crippen molar-refractivity contribution in [3.05, 3.63) is 0 Å². The second kappa shape index (κ2) is 5.36. The number of carbonyl (C=O) groups is 2. The molecular formula is C6H14N4O2. The Kier molecular flexibility index (Phi) is 4.78. The van der Waals surface area contributed by atoms with Crippen LogP contribution in [0.4, 0.5) is 4.79 Å². The molecule has 70 valence electrons. The summed E-state index contributed by atoms with van der Waals surface area (Å²) < 4.78 is 0. The van der Waals surface area contributed by atoms with E-state index in [1.807, 2.05) is 0 Å². The van der Waals surface area contributed by atoms with E-state index in [1.165, 1.54) is 0 Å². The van der Waals surface area contributed by atoms with Crippen molar-refractivity contribution in [3.63, 3.8) is 0 Å². The summed E-state index contributed by atoms with van der Waals surface area (Å²) in [6.45, 7) is 2.23. The van der Waals surface area contributed by atoms with Gasteiger partial charge < -0.3 is 22.1 Å². The van der Waals surface area contributed by atoms with E-state index in [9.17, 15) is 9.59 Å². The second-order valence-electron chi connectivity index (χ2n) is 2.37. The van der Waals surface area contributed by atoms with Crippen molar-refractivity contribution < 1.29 is 9.59 Å². The molecule has 6 nitrogen and oxygen atoms in total. The standard InChI is InChI=1S/C6H14N4O2/c1-4(7)5(11)9-2-3-10-6(8)12/h4H,2-3,7H2,1H3,(H,9,11)(H3,8,10,12). The van der Waals surface area contributed by atoms with Gasteiger partial charge in [-0.3, -0.25) is 4.79 Å². The fourth-order valence-corrected chi connectivity index (χ4v) is 0.532. The number of nitrogens with one attached hydrogen (secondary N) is 2. The fourth-order valence-electron chi connectivity index (χ4n) is 0.532. The summed E-state index contributed by atoms with van der Waals surface area (Å²) in [7, 11) is 0. The molecule has 0 aliphatic heterocycles. The van der Waals surface area contributed by atoms with Crippen molar-refractivity contribution in [1.29, 1.82) is 0 Å². The molecule has 0 heterocycles. The van der Waals surface area contributed by atoms with Gasteiger partial charge in [-0.1, -0.05) is 0 Å². The third kappa shape index (κ3) is 5.48. The molecule has 0 bridgehead atoms. The average Bonchev–Trinajstić information content (AvgIpc) is 1.97. The molecule has 0 rings (SSSR count). The summed E-state index contributed by atoms with van der Waals surface area (Å²) >= 11 is 0. The van der Waals surface area contributed by atoms with Crippen LogP contribution < -0.4 is 22.1 Å². The third-order valence-electron chi connectivity index (χ3n) is 1.14. The Bertz CT molecular complexity index is 169. The smallest absolute Gasteiger partial charge is 0.312 e. The van der Waals surface area contributed by atoms with E-state index >= 15 is 0 Å². The molecule has 0 aromatic carbocycles. The molecule has 6 N–H and O–H groups in total. The topological polar surface area (TPSA) is 110 Å². The van der Waals surface area contributed by atoms with E-state index in [-0.39, 0.29) is 5.91 Å². The Hall–Kier alpha value is -1.30. The first-order valence-electron chi connectivity index (χ1n) is 3.60. The highest BCUT2D eigenvalue weighted by molar-refractivity contribution is 5.81. The molecular weight excluding hydrogens is 160 g/mol. The summed E-state index contributed by atoms with van der Waals surface area (Å²) in [4.78, 5) is 21.0. The van der Waals surface area contributed by atoms with Crippen molar-refractivity contribution in [2.24, 2.45) is 11.5 Å². The Morgan fingerprint density at radius 2 is 1.83 bits per heavy atom.